The van der Waals surface area contributed by atoms with E-state index in [1.807, 2.05) is 0 Å². The highest BCUT2D eigenvalue weighted by molar-refractivity contribution is 4.50. The van der Waals surface area contributed by atoms with E-state index in [0.717, 1.165) is 32.8 Å². The van der Waals surface area contributed by atoms with Crippen LogP contribution in [0, 0.1) is 0 Å². The minimum absolute atomic E-state index is 0.348. The summed E-state index contributed by atoms with van der Waals surface area (Å²) in [6, 6.07) is 0. The molecule has 0 unspecified atom stereocenters. The van der Waals surface area contributed by atoms with Crippen LogP contribution >= 0.6 is 0 Å². The lowest BCUT2D eigenvalue weighted by Crippen LogP contribution is -2.29. The second kappa shape index (κ2) is 8.97. The molecule has 0 amide bonds. The first-order valence-electron chi connectivity index (χ1n) is 4.80. The molecule has 0 spiro atoms. The van der Waals surface area contributed by atoms with Crippen molar-refractivity contribution in [3.05, 3.63) is 0 Å². The summed E-state index contributed by atoms with van der Waals surface area (Å²) in [5.41, 5.74) is 0. The van der Waals surface area contributed by atoms with Crippen molar-refractivity contribution < 1.29 is 4.74 Å². The number of likely N-dealkylation sites (N-methyl/N-ethyl adjacent to an activating group) is 1. The first-order valence-corrected chi connectivity index (χ1v) is 4.80. The molecule has 3 nitrogen and oxygen atoms in total. The van der Waals surface area contributed by atoms with Gasteiger partial charge in [-0.3, -0.25) is 0 Å². The molecule has 0 aromatic rings. The van der Waals surface area contributed by atoms with Gasteiger partial charge in [-0.25, -0.2) is 0 Å². The number of hydrogen-bond donors (Lipinski definition) is 2. The van der Waals surface area contributed by atoms with Crippen LogP contribution in [0.5, 0.6) is 0 Å². The highest BCUT2D eigenvalue weighted by atomic mass is 16.5. The van der Waals surface area contributed by atoms with E-state index >= 15 is 0 Å². The molecule has 0 saturated heterocycles. The molecule has 0 rings (SSSR count). The number of hydrogen-bond acceptors (Lipinski definition) is 3. The Bertz CT molecular complexity index is 86.6. The predicted molar refractivity (Wildman–Crippen MR) is 52.5 cm³/mol. The molecule has 0 bridgehead atoms. The smallest absolute Gasteiger partial charge is 0.0594 e. The molecule has 0 aliphatic carbocycles. The van der Waals surface area contributed by atoms with Crippen LogP contribution in [0.1, 0.15) is 20.8 Å². The summed E-state index contributed by atoms with van der Waals surface area (Å²) in [4.78, 5) is 0. The quantitative estimate of drug-likeness (QED) is 0.529. The van der Waals surface area contributed by atoms with Gasteiger partial charge in [-0.05, 0) is 20.4 Å². The standard InChI is InChI=1S/C9H22N2O/c1-4-10-5-6-11-7-8-12-9(2)3/h9-11H,4-8H2,1-3H3. The fraction of sp³-hybridized carbons (Fsp3) is 1.00. The fourth-order valence-electron chi connectivity index (χ4n) is 0.845. The lowest BCUT2D eigenvalue weighted by atomic mass is 10.5. The Labute approximate surface area is 75.9 Å². The largest absolute Gasteiger partial charge is 0.377 e. The maximum absolute atomic E-state index is 5.37. The first kappa shape index (κ1) is 11.9. The third kappa shape index (κ3) is 9.88. The van der Waals surface area contributed by atoms with Crippen LogP contribution in [-0.2, 0) is 4.74 Å². The topological polar surface area (TPSA) is 33.3 Å². The molecule has 0 heterocycles. The lowest BCUT2D eigenvalue weighted by molar-refractivity contribution is 0.0810. The zero-order valence-corrected chi connectivity index (χ0v) is 8.52. The molecule has 74 valence electrons. The molecule has 0 aromatic heterocycles. The summed E-state index contributed by atoms with van der Waals surface area (Å²) in [7, 11) is 0. The molecule has 0 aromatic carbocycles. The number of nitrogens with one attached hydrogen (secondary N) is 2. The average Bonchev–Trinajstić information content (AvgIpc) is 2.02. The zero-order chi connectivity index (χ0) is 9.23. The van der Waals surface area contributed by atoms with Crippen molar-refractivity contribution in [3.8, 4) is 0 Å². The van der Waals surface area contributed by atoms with Gasteiger partial charge in [0, 0.05) is 19.6 Å². The lowest BCUT2D eigenvalue weighted by Gasteiger charge is -2.08. The molecule has 0 saturated carbocycles. The maximum Gasteiger partial charge on any atom is 0.0594 e. The minimum Gasteiger partial charge on any atom is -0.377 e. The molecule has 0 aliphatic heterocycles. The fourth-order valence-corrected chi connectivity index (χ4v) is 0.845. The van der Waals surface area contributed by atoms with Crippen molar-refractivity contribution in [2.24, 2.45) is 0 Å². The van der Waals surface area contributed by atoms with Gasteiger partial charge in [0.15, 0.2) is 0 Å². The van der Waals surface area contributed by atoms with Crippen molar-refractivity contribution in [2.75, 3.05) is 32.8 Å². The van der Waals surface area contributed by atoms with Gasteiger partial charge < -0.3 is 15.4 Å². The van der Waals surface area contributed by atoms with Crippen LogP contribution in [-0.4, -0.2) is 38.9 Å². The third-order valence-electron chi connectivity index (χ3n) is 1.46. The molecule has 2 N–H and O–H groups in total. The van der Waals surface area contributed by atoms with Gasteiger partial charge >= 0.3 is 0 Å². The molecule has 12 heavy (non-hydrogen) atoms. The second-order valence-electron chi connectivity index (χ2n) is 3.02. The third-order valence-corrected chi connectivity index (χ3v) is 1.46. The van der Waals surface area contributed by atoms with E-state index in [1.165, 1.54) is 0 Å². The summed E-state index contributed by atoms with van der Waals surface area (Å²) < 4.78 is 5.37. The van der Waals surface area contributed by atoms with E-state index in [1.54, 1.807) is 0 Å². The molecule has 0 fully saturated rings. The van der Waals surface area contributed by atoms with E-state index in [0.29, 0.717) is 6.10 Å². The Morgan fingerprint density at radius 2 is 1.75 bits per heavy atom. The van der Waals surface area contributed by atoms with E-state index < -0.39 is 0 Å². The van der Waals surface area contributed by atoms with E-state index in [4.69, 9.17) is 4.74 Å². The average molecular weight is 174 g/mol. The molecule has 3 heteroatoms. The van der Waals surface area contributed by atoms with Crippen LogP contribution in [0.25, 0.3) is 0 Å². The van der Waals surface area contributed by atoms with E-state index in [2.05, 4.69) is 31.4 Å². The SMILES string of the molecule is CCNCCNCCOC(C)C. The van der Waals surface area contributed by atoms with Crippen molar-refractivity contribution in [2.45, 2.75) is 26.9 Å². The summed E-state index contributed by atoms with van der Waals surface area (Å²) in [5.74, 6) is 0. The van der Waals surface area contributed by atoms with Gasteiger partial charge in [0.05, 0.1) is 12.7 Å². The van der Waals surface area contributed by atoms with Gasteiger partial charge in [-0.1, -0.05) is 6.92 Å². The van der Waals surface area contributed by atoms with Crippen molar-refractivity contribution >= 4 is 0 Å². The van der Waals surface area contributed by atoms with Gasteiger partial charge in [0.2, 0.25) is 0 Å². The normalized spacial score (nSPS) is 11.0. The van der Waals surface area contributed by atoms with Crippen LogP contribution in [0.4, 0.5) is 0 Å². The zero-order valence-electron chi connectivity index (χ0n) is 8.52. The van der Waals surface area contributed by atoms with Crippen LogP contribution in [0.15, 0.2) is 0 Å². The van der Waals surface area contributed by atoms with Gasteiger partial charge in [0.1, 0.15) is 0 Å². The van der Waals surface area contributed by atoms with Crippen molar-refractivity contribution in [3.63, 3.8) is 0 Å². The number of ether oxygens (including phenoxy) is 1. The van der Waals surface area contributed by atoms with Crippen molar-refractivity contribution in [1.82, 2.24) is 10.6 Å². The van der Waals surface area contributed by atoms with Crippen molar-refractivity contribution in [1.29, 1.82) is 0 Å². The minimum atomic E-state index is 0.348. The van der Waals surface area contributed by atoms with E-state index in [-0.39, 0.29) is 0 Å². The molecular formula is C9H22N2O. The second-order valence-corrected chi connectivity index (χ2v) is 3.02. The predicted octanol–water partition coefficient (Wildman–Crippen LogP) is 0.611. The van der Waals surface area contributed by atoms with Crippen LogP contribution in [0.2, 0.25) is 0 Å². The summed E-state index contributed by atoms with van der Waals surface area (Å²) in [5, 5.41) is 6.53. The highest BCUT2D eigenvalue weighted by Crippen LogP contribution is 1.84. The Morgan fingerprint density at radius 1 is 1.08 bits per heavy atom. The van der Waals surface area contributed by atoms with Crippen LogP contribution in [0.3, 0.4) is 0 Å². The van der Waals surface area contributed by atoms with Gasteiger partial charge in [-0.15, -0.1) is 0 Å². The Kier molecular flexibility index (Phi) is 8.88. The number of rotatable bonds is 8. The first-order chi connectivity index (χ1) is 5.77. The summed E-state index contributed by atoms with van der Waals surface area (Å²) >= 11 is 0. The van der Waals surface area contributed by atoms with Gasteiger partial charge in [-0.2, -0.15) is 0 Å². The van der Waals surface area contributed by atoms with Crippen LogP contribution < -0.4 is 10.6 Å². The highest BCUT2D eigenvalue weighted by Gasteiger charge is 1.91. The summed E-state index contributed by atoms with van der Waals surface area (Å²) in [6.07, 6.45) is 0.348. The monoisotopic (exact) mass is 174 g/mol. The van der Waals surface area contributed by atoms with E-state index in [9.17, 15) is 0 Å². The molecular weight excluding hydrogens is 152 g/mol. The molecule has 0 radical (unpaired) electrons. The molecule has 0 aliphatic rings. The molecule has 0 atom stereocenters. The Morgan fingerprint density at radius 3 is 2.33 bits per heavy atom. The summed E-state index contributed by atoms with van der Waals surface area (Å²) in [6.45, 7) is 11.1. The van der Waals surface area contributed by atoms with Gasteiger partial charge in [0.25, 0.3) is 0 Å². The Balaban J connectivity index is 2.82. The maximum atomic E-state index is 5.37. The Hall–Kier alpha value is -0.120.